The van der Waals surface area contributed by atoms with Crippen LogP contribution in [0.2, 0.25) is 0 Å². The third-order valence-electron chi connectivity index (χ3n) is 7.68. The Labute approximate surface area is 271 Å². The molecule has 0 saturated carbocycles. The van der Waals surface area contributed by atoms with Crippen LogP contribution in [-0.4, -0.2) is 80.5 Å². The molecule has 0 fully saturated rings. The van der Waals surface area contributed by atoms with E-state index < -0.39 is 33.3 Å². The molecule has 0 amide bonds. The van der Waals surface area contributed by atoms with Gasteiger partial charge in [0.2, 0.25) is 10.0 Å². The summed E-state index contributed by atoms with van der Waals surface area (Å²) in [5.41, 5.74) is 1.08. The SMILES string of the molecule is CC1([N+](=O)[O-])C=CC=CC(S(=O)(=O)N(CCOc2ccccc2OCC(F)(F)F)CCc2cc(C#N)c3c(c2)CCN3CCCO)=C1. The monoisotopic (exact) mass is 676 g/mol. The highest BCUT2D eigenvalue weighted by Crippen LogP contribution is 2.34. The van der Waals surface area contributed by atoms with Crippen LogP contribution in [0.3, 0.4) is 0 Å². The number of nitrogens with zero attached hydrogens (tertiary/aromatic N) is 4. The van der Waals surface area contributed by atoms with E-state index in [4.69, 9.17) is 9.47 Å². The van der Waals surface area contributed by atoms with Crippen molar-refractivity contribution in [1.29, 1.82) is 5.26 Å². The van der Waals surface area contributed by atoms with Gasteiger partial charge in [-0.3, -0.25) is 10.1 Å². The van der Waals surface area contributed by atoms with Crippen molar-refractivity contribution in [3.63, 3.8) is 0 Å². The number of para-hydroxylation sites is 2. The fourth-order valence-electron chi connectivity index (χ4n) is 5.33. The minimum absolute atomic E-state index is 0.0177. The molecule has 2 aromatic rings. The maximum atomic E-state index is 14.0. The zero-order chi connectivity index (χ0) is 34.2. The number of halogens is 3. The molecule has 0 saturated heterocycles. The number of rotatable bonds is 15. The number of hydrogen-bond donors (Lipinski definition) is 1. The average Bonchev–Trinajstić information content (AvgIpc) is 3.31. The summed E-state index contributed by atoms with van der Waals surface area (Å²) in [6.45, 7) is 0.405. The van der Waals surface area contributed by atoms with Crippen LogP contribution in [0.5, 0.6) is 11.5 Å². The minimum atomic E-state index is -4.58. The van der Waals surface area contributed by atoms with Crippen molar-refractivity contribution < 1.29 is 41.1 Å². The van der Waals surface area contributed by atoms with Gasteiger partial charge in [0.25, 0.3) is 5.54 Å². The van der Waals surface area contributed by atoms with Gasteiger partial charge in [0.05, 0.1) is 16.2 Å². The molecule has 2 aromatic carbocycles. The summed E-state index contributed by atoms with van der Waals surface area (Å²) in [5, 5.41) is 31.0. The largest absolute Gasteiger partial charge is 0.488 e. The van der Waals surface area contributed by atoms with Gasteiger partial charge in [0.1, 0.15) is 12.7 Å². The summed E-state index contributed by atoms with van der Waals surface area (Å²) >= 11 is 0. The first-order valence-electron chi connectivity index (χ1n) is 14.8. The number of hydrogen-bond acceptors (Lipinski definition) is 9. The van der Waals surface area contributed by atoms with E-state index in [-0.39, 0.29) is 49.1 Å². The molecule has 15 heteroatoms. The molecule has 0 aromatic heterocycles. The Morgan fingerprint density at radius 3 is 2.55 bits per heavy atom. The molecule has 11 nitrogen and oxygen atoms in total. The van der Waals surface area contributed by atoms with E-state index in [2.05, 4.69) is 6.07 Å². The fourth-order valence-corrected chi connectivity index (χ4v) is 6.91. The van der Waals surface area contributed by atoms with Crippen LogP contribution in [0.25, 0.3) is 0 Å². The molecule has 2 aliphatic rings. The van der Waals surface area contributed by atoms with E-state index in [0.29, 0.717) is 37.1 Å². The van der Waals surface area contributed by atoms with E-state index >= 15 is 0 Å². The predicted molar refractivity (Wildman–Crippen MR) is 168 cm³/mol. The Bertz CT molecular complexity index is 1700. The molecule has 1 heterocycles. The van der Waals surface area contributed by atoms with Gasteiger partial charge in [0.15, 0.2) is 18.1 Å². The lowest BCUT2D eigenvalue weighted by atomic mass is 10.0. The molecular weight excluding hydrogens is 641 g/mol. The van der Waals surface area contributed by atoms with E-state index in [1.165, 1.54) is 55.5 Å². The van der Waals surface area contributed by atoms with Gasteiger partial charge in [-0.2, -0.15) is 22.7 Å². The number of alkyl halides is 3. The summed E-state index contributed by atoms with van der Waals surface area (Å²) in [6, 6.07) is 11.5. The first-order valence-corrected chi connectivity index (χ1v) is 16.3. The summed E-state index contributed by atoms with van der Waals surface area (Å²) in [6.07, 6.45) is 3.22. The Morgan fingerprint density at radius 1 is 1.17 bits per heavy atom. The number of fused-ring (bicyclic) bond motifs is 1. The number of benzene rings is 2. The van der Waals surface area contributed by atoms with E-state index in [1.54, 1.807) is 6.07 Å². The van der Waals surface area contributed by atoms with Gasteiger partial charge in [-0.1, -0.05) is 30.4 Å². The lowest BCUT2D eigenvalue weighted by Gasteiger charge is -2.24. The molecule has 252 valence electrons. The molecular formula is C32H35F3N4O7S. The number of ether oxygens (including phenoxy) is 2. The molecule has 4 rings (SSSR count). The maximum Gasteiger partial charge on any atom is 0.422 e. The van der Waals surface area contributed by atoms with Gasteiger partial charge < -0.3 is 19.5 Å². The average molecular weight is 677 g/mol. The van der Waals surface area contributed by atoms with Gasteiger partial charge >= 0.3 is 6.18 Å². The summed E-state index contributed by atoms with van der Waals surface area (Å²) < 4.78 is 78.0. The maximum absolute atomic E-state index is 14.0. The van der Waals surface area contributed by atoms with Crippen LogP contribution in [0.1, 0.15) is 30.0 Å². The normalized spacial score (nSPS) is 17.6. The molecule has 1 aliphatic heterocycles. The van der Waals surface area contributed by atoms with Crippen LogP contribution in [0.15, 0.2) is 71.7 Å². The Hall–Kier alpha value is -4.39. The van der Waals surface area contributed by atoms with Crippen LogP contribution in [0, 0.1) is 21.4 Å². The van der Waals surface area contributed by atoms with Crippen LogP contribution >= 0.6 is 0 Å². The lowest BCUT2D eigenvalue weighted by Crippen LogP contribution is -2.38. The zero-order valence-electron chi connectivity index (χ0n) is 25.6. The summed E-state index contributed by atoms with van der Waals surface area (Å²) in [4.78, 5) is 13.0. The van der Waals surface area contributed by atoms with Gasteiger partial charge in [0, 0.05) is 50.7 Å². The predicted octanol–water partition coefficient (Wildman–Crippen LogP) is 4.54. The third-order valence-corrected chi connectivity index (χ3v) is 9.58. The second kappa shape index (κ2) is 15.0. The standard InChI is InChI=1S/C32H35F3N4O7S/c1-31(39(41)42)12-5-4-7-27(21-31)47(43,44)38(16-18-45-28-8-2-3-9-29(28)46-23-32(33,34)35)15-10-24-19-25-11-14-37(13-6-17-40)30(25)26(20-24)22-36/h2-5,7-9,12,19-21,40H,6,10-11,13-18,23H2,1H3. The summed E-state index contributed by atoms with van der Waals surface area (Å²) in [7, 11) is -4.36. The van der Waals surface area contributed by atoms with Crippen LogP contribution in [-0.2, 0) is 22.9 Å². The number of aliphatic hydroxyl groups excluding tert-OH is 1. The highest BCUT2D eigenvalue weighted by molar-refractivity contribution is 7.93. The van der Waals surface area contributed by atoms with E-state index in [0.717, 1.165) is 21.6 Å². The van der Waals surface area contributed by atoms with Crippen molar-refractivity contribution in [3.8, 4) is 17.6 Å². The van der Waals surface area contributed by atoms with Crippen molar-refractivity contribution in [1.82, 2.24) is 4.31 Å². The number of sulfonamides is 1. The molecule has 0 bridgehead atoms. The van der Waals surface area contributed by atoms with Gasteiger partial charge in [-0.15, -0.1) is 0 Å². The van der Waals surface area contributed by atoms with E-state index in [1.807, 2.05) is 11.0 Å². The molecule has 0 spiro atoms. The second-order valence-corrected chi connectivity index (χ2v) is 13.1. The fraction of sp³-hybridized carbons (Fsp3) is 0.406. The first kappa shape index (κ1) is 35.5. The smallest absolute Gasteiger partial charge is 0.422 e. The van der Waals surface area contributed by atoms with Crippen molar-refractivity contribution in [3.05, 3.63) is 98.5 Å². The number of nitriles is 1. The molecule has 1 N–H and O–H groups in total. The number of anilines is 1. The number of aliphatic hydroxyl groups is 1. The molecule has 0 radical (unpaired) electrons. The van der Waals surface area contributed by atoms with Crippen molar-refractivity contribution in [2.45, 2.75) is 37.9 Å². The molecule has 1 atom stereocenters. The highest BCUT2D eigenvalue weighted by atomic mass is 32.2. The second-order valence-electron chi connectivity index (χ2n) is 11.2. The lowest BCUT2D eigenvalue weighted by molar-refractivity contribution is -0.535. The number of nitro groups is 1. The van der Waals surface area contributed by atoms with Crippen LogP contribution < -0.4 is 14.4 Å². The molecule has 47 heavy (non-hydrogen) atoms. The topological polar surface area (TPSA) is 146 Å². The van der Waals surface area contributed by atoms with Crippen molar-refractivity contribution in [2.75, 3.05) is 50.9 Å². The van der Waals surface area contributed by atoms with Gasteiger partial charge in [-0.05, 0) is 60.7 Å². The zero-order valence-corrected chi connectivity index (χ0v) is 26.5. The van der Waals surface area contributed by atoms with Crippen molar-refractivity contribution in [2.24, 2.45) is 0 Å². The minimum Gasteiger partial charge on any atom is -0.488 e. The third kappa shape index (κ3) is 8.91. The Kier molecular flexibility index (Phi) is 11.3. The quantitative estimate of drug-likeness (QED) is 0.212. The van der Waals surface area contributed by atoms with Crippen molar-refractivity contribution >= 4 is 15.7 Å². The number of allylic oxidation sites excluding steroid dienone is 3. The Morgan fingerprint density at radius 2 is 1.89 bits per heavy atom. The first-order chi connectivity index (χ1) is 22.3. The van der Waals surface area contributed by atoms with E-state index in [9.17, 15) is 42.1 Å². The van der Waals surface area contributed by atoms with Gasteiger partial charge in [-0.25, -0.2) is 8.42 Å². The molecule has 1 aliphatic carbocycles. The molecule has 1 unspecified atom stereocenters. The summed E-state index contributed by atoms with van der Waals surface area (Å²) in [5.74, 6) is -0.187. The Balaban J connectivity index is 1.60. The highest BCUT2D eigenvalue weighted by Gasteiger charge is 2.37. The van der Waals surface area contributed by atoms with Crippen LogP contribution in [0.4, 0.5) is 18.9 Å².